The molecule has 0 amide bonds. The quantitative estimate of drug-likeness (QED) is 0.717. The van der Waals surface area contributed by atoms with Crippen LogP contribution in [0.3, 0.4) is 0 Å². The highest BCUT2D eigenvalue weighted by Gasteiger charge is 2.13. The van der Waals surface area contributed by atoms with Gasteiger partial charge >= 0.3 is 0 Å². The number of rotatable bonds is 6. The van der Waals surface area contributed by atoms with E-state index in [1.807, 2.05) is 42.5 Å². The van der Waals surface area contributed by atoms with Crippen LogP contribution < -0.4 is 10.5 Å². The van der Waals surface area contributed by atoms with Crippen LogP contribution in [0, 0.1) is 0 Å². The van der Waals surface area contributed by atoms with E-state index >= 15 is 0 Å². The highest BCUT2D eigenvalue weighted by atomic mass is 79.9. The number of hydrogen-bond donors (Lipinski definition) is 1. The van der Waals surface area contributed by atoms with Gasteiger partial charge in [-0.1, -0.05) is 40.2 Å². The van der Waals surface area contributed by atoms with E-state index in [1.165, 1.54) is 0 Å². The Bertz CT molecular complexity index is 605. The molecule has 2 N–H and O–H groups in total. The molecule has 0 spiro atoms. The minimum absolute atomic E-state index is 0.190. The molecule has 21 heavy (non-hydrogen) atoms. The maximum Gasteiger partial charge on any atom is 0.133 e. The van der Waals surface area contributed by atoms with Crippen molar-refractivity contribution in [2.24, 2.45) is 5.73 Å². The van der Waals surface area contributed by atoms with Crippen LogP contribution >= 0.6 is 31.9 Å². The largest absolute Gasteiger partial charge is 0.490 e. The average molecular weight is 415 g/mol. The molecule has 3 nitrogen and oxygen atoms in total. The van der Waals surface area contributed by atoms with Gasteiger partial charge in [0.2, 0.25) is 0 Å². The molecular formula is C16H17Br2NO2. The maximum atomic E-state index is 6.35. The third-order valence-corrected chi connectivity index (χ3v) is 4.44. The lowest BCUT2D eigenvalue weighted by molar-refractivity contribution is 0.146. The lowest BCUT2D eigenvalue weighted by Gasteiger charge is -2.16. The predicted molar refractivity (Wildman–Crippen MR) is 91.7 cm³/mol. The molecule has 0 aromatic heterocycles. The average Bonchev–Trinajstić information content (AvgIpc) is 2.49. The molecular weight excluding hydrogens is 398 g/mol. The number of nitrogens with two attached hydrogens (primary N) is 1. The topological polar surface area (TPSA) is 44.5 Å². The highest BCUT2D eigenvalue weighted by molar-refractivity contribution is 9.10. The van der Waals surface area contributed by atoms with Gasteiger partial charge in [0.15, 0.2) is 0 Å². The van der Waals surface area contributed by atoms with E-state index in [0.717, 1.165) is 25.8 Å². The summed E-state index contributed by atoms with van der Waals surface area (Å²) in [4.78, 5) is 0. The minimum Gasteiger partial charge on any atom is -0.490 e. The van der Waals surface area contributed by atoms with Gasteiger partial charge < -0.3 is 15.2 Å². The monoisotopic (exact) mass is 413 g/mol. The molecule has 0 aliphatic carbocycles. The summed E-state index contributed by atoms with van der Waals surface area (Å²) in [5.41, 5.74) is 8.42. The van der Waals surface area contributed by atoms with Crippen LogP contribution in [0.2, 0.25) is 0 Å². The lowest BCUT2D eigenvalue weighted by atomic mass is 10.00. The molecule has 2 aromatic carbocycles. The summed E-state index contributed by atoms with van der Waals surface area (Å²) in [6.45, 7) is 1.08. The standard InChI is InChI=1S/C16H17Br2NO2/c1-20-8-9-21-15-7-6-11(10-14(15)18)16(19)12-4-2-3-5-13(12)17/h2-7,10,16H,8-9,19H2,1H3. The van der Waals surface area contributed by atoms with E-state index in [-0.39, 0.29) is 6.04 Å². The van der Waals surface area contributed by atoms with Crippen LogP contribution in [0.15, 0.2) is 51.4 Å². The Hall–Kier alpha value is -0.880. The first-order valence-electron chi connectivity index (χ1n) is 6.54. The Balaban J connectivity index is 2.18. The van der Waals surface area contributed by atoms with Gasteiger partial charge in [-0.15, -0.1) is 0 Å². The van der Waals surface area contributed by atoms with Crippen LogP contribution in [0.4, 0.5) is 0 Å². The molecule has 1 unspecified atom stereocenters. The first-order valence-corrected chi connectivity index (χ1v) is 8.13. The molecule has 0 heterocycles. The number of ether oxygens (including phenoxy) is 2. The molecule has 2 rings (SSSR count). The van der Waals surface area contributed by atoms with Gasteiger partial charge in [-0.25, -0.2) is 0 Å². The van der Waals surface area contributed by atoms with Crippen LogP contribution in [0.25, 0.3) is 0 Å². The van der Waals surface area contributed by atoms with Crippen molar-refractivity contribution in [1.29, 1.82) is 0 Å². The lowest BCUT2D eigenvalue weighted by Crippen LogP contribution is -2.12. The zero-order valence-electron chi connectivity index (χ0n) is 11.7. The number of halogens is 2. The molecule has 0 bridgehead atoms. The van der Waals surface area contributed by atoms with E-state index < -0.39 is 0 Å². The van der Waals surface area contributed by atoms with Gasteiger partial charge in [-0.2, -0.15) is 0 Å². The smallest absolute Gasteiger partial charge is 0.133 e. The summed E-state index contributed by atoms with van der Waals surface area (Å²) in [7, 11) is 1.65. The van der Waals surface area contributed by atoms with Crippen molar-refractivity contribution in [3.8, 4) is 5.75 Å². The fourth-order valence-electron chi connectivity index (χ4n) is 1.97. The van der Waals surface area contributed by atoms with E-state index in [0.29, 0.717) is 13.2 Å². The van der Waals surface area contributed by atoms with Gasteiger partial charge in [0.25, 0.3) is 0 Å². The zero-order valence-corrected chi connectivity index (χ0v) is 14.9. The summed E-state index contributed by atoms with van der Waals surface area (Å²) in [5, 5.41) is 0. The Labute approximate surface area is 141 Å². The van der Waals surface area contributed by atoms with Crippen LogP contribution in [-0.2, 0) is 4.74 Å². The fourth-order valence-corrected chi connectivity index (χ4v) is 3.01. The van der Waals surface area contributed by atoms with Crippen LogP contribution in [-0.4, -0.2) is 20.3 Å². The van der Waals surface area contributed by atoms with E-state index in [9.17, 15) is 0 Å². The molecule has 0 aliphatic rings. The summed E-state index contributed by atoms with van der Waals surface area (Å²) in [6.07, 6.45) is 0. The fraction of sp³-hybridized carbons (Fsp3) is 0.250. The minimum atomic E-state index is -0.190. The normalized spacial score (nSPS) is 12.2. The van der Waals surface area contributed by atoms with Crippen molar-refractivity contribution in [1.82, 2.24) is 0 Å². The van der Waals surface area contributed by atoms with Crippen molar-refractivity contribution in [2.45, 2.75) is 6.04 Å². The summed E-state index contributed by atoms with van der Waals surface area (Å²) in [5.74, 6) is 0.787. The molecule has 1 atom stereocenters. The summed E-state index contributed by atoms with van der Waals surface area (Å²) in [6, 6.07) is 13.7. The van der Waals surface area contributed by atoms with Crippen molar-refractivity contribution in [3.63, 3.8) is 0 Å². The molecule has 0 saturated heterocycles. The number of hydrogen-bond acceptors (Lipinski definition) is 3. The van der Waals surface area contributed by atoms with Crippen LogP contribution in [0.1, 0.15) is 17.2 Å². The first-order chi connectivity index (χ1) is 10.1. The third-order valence-electron chi connectivity index (χ3n) is 3.10. The van der Waals surface area contributed by atoms with Gasteiger partial charge in [-0.05, 0) is 45.3 Å². The second kappa shape index (κ2) is 7.94. The van der Waals surface area contributed by atoms with Gasteiger partial charge in [0, 0.05) is 11.6 Å². The molecule has 112 valence electrons. The highest BCUT2D eigenvalue weighted by Crippen LogP contribution is 2.32. The van der Waals surface area contributed by atoms with Crippen LogP contribution in [0.5, 0.6) is 5.75 Å². The maximum absolute atomic E-state index is 6.35. The zero-order chi connectivity index (χ0) is 15.2. The van der Waals surface area contributed by atoms with Gasteiger partial charge in [-0.3, -0.25) is 0 Å². The van der Waals surface area contributed by atoms with E-state index in [2.05, 4.69) is 31.9 Å². The predicted octanol–water partition coefficient (Wildman–Crippen LogP) is 4.28. The Kier molecular flexibility index (Phi) is 6.23. The SMILES string of the molecule is COCCOc1ccc(C(N)c2ccccc2Br)cc1Br. The van der Waals surface area contributed by atoms with E-state index in [4.69, 9.17) is 15.2 Å². The van der Waals surface area contributed by atoms with E-state index in [1.54, 1.807) is 7.11 Å². The summed E-state index contributed by atoms with van der Waals surface area (Å²) >= 11 is 7.06. The molecule has 0 aliphatic heterocycles. The Morgan fingerprint density at radius 3 is 2.48 bits per heavy atom. The Morgan fingerprint density at radius 1 is 1.05 bits per heavy atom. The van der Waals surface area contributed by atoms with Crippen molar-refractivity contribution in [3.05, 3.63) is 62.5 Å². The molecule has 2 aromatic rings. The second-order valence-electron chi connectivity index (χ2n) is 4.53. The van der Waals surface area contributed by atoms with Gasteiger partial charge in [0.05, 0.1) is 17.1 Å². The van der Waals surface area contributed by atoms with Crippen molar-refractivity contribution in [2.75, 3.05) is 20.3 Å². The van der Waals surface area contributed by atoms with Gasteiger partial charge in [0.1, 0.15) is 12.4 Å². The summed E-state index contributed by atoms with van der Waals surface area (Å²) < 4.78 is 12.5. The Morgan fingerprint density at radius 2 is 1.81 bits per heavy atom. The first kappa shape index (κ1) is 16.5. The third kappa shape index (κ3) is 4.30. The van der Waals surface area contributed by atoms with Crippen molar-refractivity contribution < 1.29 is 9.47 Å². The molecule has 5 heteroatoms. The number of methoxy groups -OCH3 is 1. The van der Waals surface area contributed by atoms with Crippen molar-refractivity contribution >= 4 is 31.9 Å². The molecule has 0 saturated carbocycles. The number of benzene rings is 2. The second-order valence-corrected chi connectivity index (χ2v) is 6.24. The molecule has 0 fully saturated rings. The molecule has 0 radical (unpaired) electrons.